The van der Waals surface area contributed by atoms with E-state index < -0.39 is 6.10 Å². The molecule has 152 valence electrons. The summed E-state index contributed by atoms with van der Waals surface area (Å²) in [6.07, 6.45) is 3.02. The maximum Gasteiger partial charge on any atom is 0.254 e. The molecular formula is C23H26FN3O2. The second-order valence-corrected chi connectivity index (χ2v) is 6.92. The van der Waals surface area contributed by atoms with Crippen molar-refractivity contribution in [1.29, 1.82) is 0 Å². The van der Waals surface area contributed by atoms with Gasteiger partial charge in [-0.1, -0.05) is 43.7 Å². The lowest BCUT2D eigenvalue weighted by molar-refractivity contribution is -0.126. The van der Waals surface area contributed by atoms with Gasteiger partial charge < -0.3 is 14.6 Å². The second kappa shape index (κ2) is 9.98. The molecule has 0 aliphatic carbocycles. The van der Waals surface area contributed by atoms with Gasteiger partial charge in [-0.2, -0.15) is 0 Å². The van der Waals surface area contributed by atoms with E-state index in [2.05, 4.69) is 17.2 Å². The third-order valence-corrected chi connectivity index (χ3v) is 4.63. The number of amides is 1. The van der Waals surface area contributed by atoms with Gasteiger partial charge in [0.05, 0.1) is 12.9 Å². The molecule has 1 N–H and O–H groups in total. The maximum absolute atomic E-state index is 13.3. The second-order valence-electron chi connectivity index (χ2n) is 6.92. The van der Waals surface area contributed by atoms with Gasteiger partial charge in [0, 0.05) is 12.2 Å². The molecule has 3 rings (SSSR count). The highest BCUT2D eigenvalue weighted by molar-refractivity contribution is 5.96. The Morgan fingerprint density at radius 3 is 2.59 bits per heavy atom. The van der Waals surface area contributed by atoms with E-state index in [1.807, 2.05) is 34.9 Å². The molecule has 29 heavy (non-hydrogen) atoms. The minimum absolute atomic E-state index is 0.237. The Balaban J connectivity index is 1.87. The average molecular weight is 395 g/mol. The molecular weight excluding hydrogens is 369 g/mol. The Morgan fingerprint density at radius 2 is 1.90 bits per heavy atom. The predicted molar refractivity (Wildman–Crippen MR) is 112 cm³/mol. The van der Waals surface area contributed by atoms with Crippen LogP contribution in [0.15, 0.2) is 60.9 Å². The van der Waals surface area contributed by atoms with Crippen LogP contribution in [-0.2, 0) is 16.1 Å². The van der Waals surface area contributed by atoms with Crippen LogP contribution in [0.1, 0.15) is 32.3 Å². The third-order valence-electron chi connectivity index (χ3n) is 4.63. The molecule has 0 spiro atoms. The molecule has 0 radical (unpaired) electrons. The molecule has 1 aromatic heterocycles. The van der Waals surface area contributed by atoms with E-state index in [1.165, 1.54) is 12.1 Å². The minimum Gasteiger partial charge on any atom is -0.369 e. The fraction of sp³-hybridized carbons (Fsp3) is 0.304. The molecule has 1 amide bonds. The molecule has 5 nitrogen and oxygen atoms in total. The number of carbonyl (C=O) groups is 1. The molecule has 2 aromatic carbocycles. The van der Waals surface area contributed by atoms with Crippen LogP contribution >= 0.6 is 0 Å². The zero-order chi connectivity index (χ0) is 20.6. The average Bonchev–Trinajstić information content (AvgIpc) is 3.11. The first kappa shape index (κ1) is 20.7. The number of carbonyl (C=O) groups excluding carboxylic acids is 1. The van der Waals surface area contributed by atoms with Crippen molar-refractivity contribution < 1.29 is 13.9 Å². The number of benzene rings is 2. The van der Waals surface area contributed by atoms with Crippen LogP contribution in [0.3, 0.4) is 0 Å². The third kappa shape index (κ3) is 5.51. The fourth-order valence-corrected chi connectivity index (χ4v) is 2.93. The Kier molecular flexibility index (Phi) is 7.14. The molecule has 0 aliphatic rings. The Bertz CT molecular complexity index is 923. The Labute approximate surface area is 170 Å². The van der Waals surface area contributed by atoms with Crippen LogP contribution in [0.25, 0.3) is 11.3 Å². The maximum atomic E-state index is 13.3. The first-order chi connectivity index (χ1) is 14.1. The van der Waals surface area contributed by atoms with Gasteiger partial charge in [-0.3, -0.25) is 4.79 Å². The van der Waals surface area contributed by atoms with Crippen molar-refractivity contribution in [3.8, 4) is 11.3 Å². The molecule has 3 aromatic rings. The topological polar surface area (TPSA) is 56.1 Å². The van der Waals surface area contributed by atoms with Gasteiger partial charge in [0.25, 0.3) is 5.91 Å². The summed E-state index contributed by atoms with van der Waals surface area (Å²) in [7, 11) is 0. The van der Waals surface area contributed by atoms with Gasteiger partial charge in [0.1, 0.15) is 23.4 Å². The number of imidazole rings is 1. The standard InChI is InChI=1S/C23H26FN3O2/c1-3-4-14-29-17(2)23(28)26-22-21(19-10-12-20(24)13-11-19)25-16-27(22)15-18-8-6-5-7-9-18/h5-13,16-17H,3-4,14-15H2,1-2H3,(H,26,28). The first-order valence-corrected chi connectivity index (χ1v) is 9.86. The molecule has 1 unspecified atom stereocenters. The molecule has 6 heteroatoms. The lowest BCUT2D eigenvalue weighted by atomic mass is 10.1. The van der Waals surface area contributed by atoms with Crippen molar-refractivity contribution in [2.45, 2.75) is 39.3 Å². The van der Waals surface area contributed by atoms with E-state index in [0.29, 0.717) is 24.7 Å². The summed E-state index contributed by atoms with van der Waals surface area (Å²) in [4.78, 5) is 17.2. The van der Waals surface area contributed by atoms with Gasteiger partial charge in [-0.15, -0.1) is 0 Å². The number of ether oxygens (including phenoxy) is 1. The quantitative estimate of drug-likeness (QED) is 0.525. The van der Waals surface area contributed by atoms with Crippen LogP contribution in [-0.4, -0.2) is 28.2 Å². The lowest BCUT2D eigenvalue weighted by Gasteiger charge is -2.16. The summed E-state index contributed by atoms with van der Waals surface area (Å²) >= 11 is 0. The van der Waals surface area contributed by atoms with Gasteiger partial charge in [-0.05, 0) is 43.2 Å². The summed E-state index contributed by atoms with van der Waals surface area (Å²) < 4.78 is 20.8. The summed E-state index contributed by atoms with van der Waals surface area (Å²) in [5, 5.41) is 2.96. The van der Waals surface area contributed by atoms with Crippen LogP contribution in [0.4, 0.5) is 10.2 Å². The van der Waals surface area contributed by atoms with Crippen molar-refractivity contribution in [3.63, 3.8) is 0 Å². The molecule has 0 fully saturated rings. The smallest absolute Gasteiger partial charge is 0.254 e. The Morgan fingerprint density at radius 1 is 1.17 bits per heavy atom. The highest BCUT2D eigenvalue weighted by Crippen LogP contribution is 2.28. The van der Waals surface area contributed by atoms with Crippen LogP contribution in [0.5, 0.6) is 0 Å². The molecule has 0 saturated carbocycles. The zero-order valence-corrected chi connectivity index (χ0v) is 16.8. The number of aromatic nitrogens is 2. The summed E-state index contributed by atoms with van der Waals surface area (Å²) in [6.45, 7) is 4.90. The number of nitrogens with zero attached hydrogens (tertiary/aromatic N) is 2. The lowest BCUT2D eigenvalue weighted by Crippen LogP contribution is -2.29. The molecule has 1 atom stereocenters. The van der Waals surface area contributed by atoms with Gasteiger partial charge in [0.2, 0.25) is 0 Å². The van der Waals surface area contributed by atoms with Crippen molar-refractivity contribution >= 4 is 11.7 Å². The van der Waals surface area contributed by atoms with Crippen molar-refractivity contribution in [2.24, 2.45) is 0 Å². The van der Waals surface area contributed by atoms with E-state index in [-0.39, 0.29) is 11.7 Å². The number of rotatable bonds is 9. The number of hydrogen-bond donors (Lipinski definition) is 1. The summed E-state index contributed by atoms with van der Waals surface area (Å²) in [6, 6.07) is 16.0. The largest absolute Gasteiger partial charge is 0.369 e. The van der Waals surface area contributed by atoms with Crippen molar-refractivity contribution in [2.75, 3.05) is 11.9 Å². The molecule has 0 aliphatic heterocycles. The molecule has 0 saturated heterocycles. The van der Waals surface area contributed by atoms with Gasteiger partial charge >= 0.3 is 0 Å². The van der Waals surface area contributed by atoms with E-state index in [9.17, 15) is 9.18 Å². The van der Waals surface area contributed by atoms with E-state index in [1.54, 1.807) is 25.4 Å². The van der Waals surface area contributed by atoms with Gasteiger partial charge in [-0.25, -0.2) is 9.37 Å². The number of unbranched alkanes of at least 4 members (excludes halogenated alkanes) is 1. The number of anilines is 1. The van der Waals surface area contributed by atoms with Gasteiger partial charge in [0.15, 0.2) is 0 Å². The first-order valence-electron chi connectivity index (χ1n) is 9.86. The zero-order valence-electron chi connectivity index (χ0n) is 16.8. The highest BCUT2D eigenvalue weighted by atomic mass is 19.1. The van der Waals surface area contributed by atoms with Crippen LogP contribution in [0, 0.1) is 5.82 Å². The summed E-state index contributed by atoms with van der Waals surface area (Å²) in [5.74, 6) is 0.0108. The van der Waals surface area contributed by atoms with Crippen molar-refractivity contribution in [3.05, 3.63) is 72.3 Å². The monoisotopic (exact) mass is 395 g/mol. The van der Waals surface area contributed by atoms with Crippen LogP contribution < -0.4 is 5.32 Å². The predicted octanol–water partition coefficient (Wildman–Crippen LogP) is 4.88. The SMILES string of the molecule is CCCCOC(C)C(=O)Nc1c(-c2ccc(F)cc2)ncn1Cc1ccccc1. The highest BCUT2D eigenvalue weighted by Gasteiger charge is 2.20. The fourth-order valence-electron chi connectivity index (χ4n) is 2.93. The van der Waals surface area contributed by atoms with Crippen LogP contribution in [0.2, 0.25) is 0 Å². The molecule has 1 heterocycles. The normalized spacial score (nSPS) is 12.0. The molecule has 0 bridgehead atoms. The van der Waals surface area contributed by atoms with E-state index >= 15 is 0 Å². The minimum atomic E-state index is -0.581. The van der Waals surface area contributed by atoms with Crippen molar-refractivity contribution in [1.82, 2.24) is 9.55 Å². The van der Waals surface area contributed by atoms with E-state index in [0.717, 1.165) is 24.0 Å². The number of hydrogen-bond acceptors (Lipinski definition) is 3. The van der Waals surface area contributed by atoms with E-state index in [4.69, 9.17) is 4.74 Å². The summed E-state index contributed by atoms with van der Waals surface area (Å²) in [5.41, 5.74) is 2.40. The number of nitrogens with one attached hydrogen (secondary N) is 1. The Hall–Kier alpha value is -2.99. The number of halogens is 1.